The van der Waals surface area contributed by atoms with Crippen molar-refractivity contribution in [1.82, 2.24) is 5.01 Å². The van der Waals surface area contributed by atoms with Crippen LogP contribution in [0.1, 0.15) is 12.5 Å². The molecule has 0 spiro atoms. The smallest absolute Gasteiger partial charge is 0.261 e. The van der Waals surface area contributed by atoms with Crippen molar-refractivity contribution in [1.29, 1.82) is 0 Å². The van der Waals surface area contributed by atoms with Crippen LogP contribution in [0.2, 0.25) is 0 Å². The minimum Gasteiger partial charge on any atom is -0.323 e. The summed E-state index contributed by atoms with van der Waals surface area (Å²) < 4.78 is 13.8. The second-order valence-electron chi connectivity index (χ2n) is 5.31. The molecule has 122 valence electrons. The summed E-state index contributed by atoms with van der Waals surface area (Å²) in [5.41, 5.74) is 1.10. The van der Waals surface area contributed by atoms with Gasteiger partial charge in [-0.25, -0.2) is 9.40 Å². The highest BCUT2D eigenvalue weighted by Crippen LogP contribution is 2.23. The van der Waals surface area contributed by atoms with Crippen molar-refractivity contribution in [2.75, 3.05) is 11.9 Å². The number of amides is 2. The average Bonchev–Trinajstić information content (AvgIpc) is 2.94. The van der Waals surface area contributed by atoms with E-state index in [9.17, 15) is 14.0 Å². The van der Waals surface area contributed by atoms with Crippen LogP contribution in [0.5, 0.6) is 0 Å². The molecule has 2 amide bonds. The molecule has 24 heavy (non-hydrogen) atoms. The molecule has 1 N–H and O–H groups in total. The average molecular weight is 325 g/mol. The molecule has 1 aliphatic heterocycles. The zero-order valence-electron chi connectivity index (χ0n) is 13.1. The van der Waals surface area contributed by atoms with E-state index in [1.165, 1.54) is 23.2 Å². The zero-order valence-corrected chi connectivity index (χ0v) is 13.1. The predicted molar refractivity (Wildman–Crippen MR) is 88.9 cm³/mol. The van der Waals surface area contributed by atoms with E-state index in [0.29, 0.717) is 17.8 Å². The molecule has 1 aliphatic rings. The van der Waals surface area contributed by atoms with E-state index in [1.807, 2.05) is 18.2 Å². The molecule has 0 saturated carbocycles. The van der Waals surface area contributed by atoms with Crippen molar-refractivity contribution in [2.45, 2.75) is 6.92 Å². The molecule has 1 atom stereocenters. The van der Waals surface area contributed by atoms with Crippen LogP contribution < -0.4 is 5.32 Å². The first-order valence-corrected chi connectivity index (χ1v) is 7.62. The summed E-state index contributed by atoms with van der Waals surface area (Å²) >= 11 is 0. The van der Waals surface area contributed by atoms with Gasteiger partial charge in [0.05, 0.1) is 11.4 Å². The maximum absolute atomic E-state index is 13.8. The maximum atomic E-state index is 13.8. The molecular formula is C18H16FN3O2. The quantitative estimate of drug-likeness (QED) is 0.879. The third-order valence-electron chi connectivity index (χ3n) is 3.77. The zero-order chi connectivity index (χ0) is 17.1. The highest BCUT2D eigenvalue weighted by Gasteiger charge is 2.41. The van der Waals surface area contributed by atoms with Crippen LogP contribution in [0.4, 0.5) is 10.1 Å². The SMILES string of the molecule is CCN1N=C(c2ccccc2)[C@H](C(=O)Nc2ccccc2F)C1=O. The topological polar surface area (TPSA) is 61.8 Å². The monoisotopic (exact) mass is 325 g/mol. The Bertz CT molecular complexity index is 805. The first-order chi connectivity index (χ1) is 11.6. The van der Waals surface area contributed by atoms with Crippen LogP contribution >= 0.6 is 0 Å². The van der Waals surface area contributed by atoms with Crippen molar-refractivity contribution in [3.05, 3.63) is 66.0 Å². The summed E-state index contributed by atoms with van der Waals surface area (Å²) in [5.74, 6) is -2.65. The van der Waals surface area contributed by atoms with Gasteiger partial charge in [0.15, 0.2) is 5.92 Å². The molecule has 0 saturated heterocycles. The Morgan fingerprint density at radius 2 is 1.83 bits per heavy atom. The van der Waals surface area contributed by atoms with E-state index in [1.54, 1.807) is 25.1 Å². The predicted octanol–water partition coefficient (Wildman–Crippen LogP) is 2.65. The van der Waals surface area contributed by atoms with E-state index >= 15 is 0 Å². The lowest BCUT2D eigenvalue weighted by molar-refractivity contribution is -0.135. The van der Waals surface area contributed by atoms with E-state index < -0.39 is 23.5 Å². The van der Waals surface area contributed by atoms with Crippen LogP contribution in [0.25, 0.3) is 0 Å². The Balaban J connectivity index is 1.92. The highest BCUT2D eigenvalue weighted by atomic mass is 19.1. The second kappa shape index (κ2) is 6.62. The lowest BCUT2D eigenvalue weighted by atomic mass is 9.96. The molecule has 0 aromatic heterocycles. The Hall–Kier alpha value is -3.02. The first-order valence-electron chi connectivity index (χ1n) is 7.62. The molecule has 0 unspecified atom stereocenters. The number of hydrazone groups is 1. The molecule has 0 bridgehead atoms. The Morgan fingerprint density at radius 1 is 1.17 bits per heavy atom. The van der Waals surface area contributed by atoms with E-state index in [2.05, 4.69) is 10.4 Å². The van der Waals surface area contributed by atoms with E-state index in [0.717, 1.165) is 0 Å². The van der Waals surface area contributed by atoms with Crippen LogP contribution in [0, 0.1) is 11.7 Å². The molecule has 1 heterocycles. The second-order valence-corrected chi connectivity index (χ2v) is 5.31. The van der Waals surface area contributed by atoms with Gasteiger partial charge in [-0.1, -0.05) is 42.5 Å². The standard InChI is InChI=1S/C18H16FN3O2/c1-2-22-18(24)15(16(21-22)12-8-4-3-5-9-12)17(23)20-14-11-7-6-10-13(14)19/h3-11,15H,2H2,1H3,(H,20,23)/t15-/m1/s1. The van der Waals surface area contributed by atoms with Gasteiger partial charge < -0.3 is 5.32 Å². The van der Waals surface area contributed by atoms with Crippen molar-refractivity contribution >= 4 is 23.2 Å². The Kier molecular flexibility index (Phi) is 4.37. The number of anilines is 1. The Morgan fingerprint density at radius 3 is 2.50 bits per heavy atom. The highest BCUT2D eigenvalue weighted by molar-refractivity contribution is 6.29. The number of rotatable bonds is 4. The number of nitrogens with zero attached hydrogens (tertiary/aromatic N) is 2. The van der Waals surface area contributed by atoms with Crippen molar-refractivity contribution in [3.8, 4) is 0 Å². The van der Waals surface area contributed by atoms with Crippen molar-refractivity contribution in [3.63, 3.8) is 0 Å². The number of carbonyl (C=O) groups excluding carboxylic acids is 2. The third kappa shape index (κ3) is 2.90. The molecule has 2 aromatic carbocycles. The van der Waals surface area contributed by atoms with Crippen LogP contribution in [-0.4, -0.2) is 29.1 Å². The van der Waals surface area contributed by atoms with Crippen LogP contribution in [0.3, 0.4) is 0 Å². The minimum atomic E-state index is -1.09. The number of nitrogens with one attached hydrogen (secondary N) is 1. The van der Waals surface area contributed by atoms with Gasteiger partial charge in [0.2, 0.25) is 5.91 Å². The Labute approximate surface area is 138 Å². The maximum Gasteiger partial charge on any atom is 0.261 e. The molecule has 0 fully saturated rings. The molecular weight excluding hydrogens is 309 g/mol. The molecule has 3 rings (SSSR count). The number of halogens is 1. The van der Waals surface area contributed by atoms with Crippen molar-refractivity contribution < 1.29 is 14.0 Å². The van der Waals surface area contributed by atoms with Gasteiger partial charge in [-0.2, -0.15) is 5.10 Å². The van der Waals surface area contributed by atoms with Gasteiger partial charge in [0, 0.05) is 6.54 Å². The van der Waals surface area contributed by atoms with Gasteiger partial charge in [-0.15, -0.1) is 0 Å². The fourth-order valence-electron chi connectivity index (χ4n) is 2.57. The molecule has 0 radical (unpaired) electrons. The molecule has 0 aliphatic carbocycles. The molecule has 5 nitrogen and oxygen atoms in total. The third-order valence-corrected chi connectivity index (χ3v) is 3.77. The number of hydrogen-bond donors (Lipinski definition) is 1. The molecule has 6 heteroatoms. The molecule has 2 aromatic rings. The van der Waals surface area contributed by atoms with Gasteiger partial charge in [-0.3, -0.25) is 9.59 Å². The van der Waals surface area contributed by atoms with E-state index in [-0.39, 0.29) is 5.69 Å². The summed E-state index contributed by atoms with van der Waals surface area (Å²) in [4.78, 5) is 25.1. The number of benzene rings is 2. The summed E-state index contributed by atoms with van der Waals surface area (Å²) in [6.45, 7) is 2.14. The van der Waals surface area contributed by atoms with Gasteiger partial charge >= 0.3 is 0 Å². The number of para-hydroxylation sites is 1. The van der Waals surface area contributed by atoms with Crippen LogP contribution in [0.15, 0.2) is 59.7 Å². The number of carbonyl (C=O) groups is 2. The van der Waals surface area contributed by atoms with E-state index in [4.69, 9.17) is 0 Å². The summed E-state index contributed by atoms with van der Waals surface area (Å²) in [6, 6.07) is 14.9. The lowest BCUT2D eigenvalue weighted by Gasteiger charge is -2.13. The van der Waals surface area contributed by atoms with Crippen LogP contribution in [-0.2, 0) is 9.59 Å². The summed E-state index contributed by atoms with van der Waals surface area (Å²) in [7, 11) is 0. The summed E-state index contributed by atoms with van der Waals surface area (Å²) in [6.07, 6.45) is 0. The largest absolute Gasteiger partial charge is 0.323 e. The number of hydrogen-bond acceptors (Lipinski definition) is 3. The normalized spacial score (nSPS) is 16.9. The fraction of sp³-hybridized carbons (Fsp3) is 0.167. The minimum absolute atomic E-state index is 0.0395. The lowest BCUT2D eigenvalue weighted by Crippen LogP contribution is -2.37. The van der Waals surface area contributed by atoms with Gasteiger partial charge in [-0.05, 0) is 24.6 Å². The first kappa shape index (κ1) is 15.9. The van der Waals surface area contributed by atoms with Gasteiger partial charge in [0.1, 0.15) is 5.82 Å². The van der Waals surface area contributed by atoms with Crippen molar-refractivity contribution in [2.24, 2.45) is 11.0 Å². The fourth-order valence-corrected chi connectivity index (χ4v) is 2.57. The van der Waals surface area contributed by atoms with Gasteiger partial charge in [0.25, 0.3) is 5.91 Å². The summed E-state index contributed by atoms with van der Waals surface area (Å²) in [5, 5.41) is 8.01.